The number of aromatic nitrogens is 2. The van der Waals surface area contributed by atoms with Crippen molar-refractivity contribution in [2.24, 2.45) is 10.4 Å². The van der Waals surface area contributed by atoms with Gasteiger partial charge in [-0.3, -0.25) is 4.99 Å². The third-order valence-electron chi connectivity index (χ3n) is 3.32. The van der Waals surface area contributed by atoms with E-state index in [0.717, 1.165) is 17.5 Å². The van der Waals surface area contributed by atoms with E-state index >= 15 is 0 Å². The quantitative estimate of drug-likeness (QED) is 0.925. The minimum absolute atomic E-state index is 0.251. The molecule has 0 saturated heterocycles. The van der Waals surface area contributed by atoms with Crippen LogP contribution in [-0.2, 0) is 6.54 Å². The highest BCUT2D eigenvalue weighted by atomic mass is 32.2. The molecular weight excluding hydrogens is 256 g/mol. The van der Waals surface area contributed by atoms with Crippen molar-refractivity contribution in [3.63, 3.8) is 0 Å². The maximum absolute atomic E-state index is 4.87. The van der Waals surface area contributed by atoms with E-state index in [1.165, 1.54) is 6.42 Å². The number of nitrogens with one attached hydrogen (secondary N) is 1. The van der Waals surface area contributed by atoms with Gasteiger partial charge >= 0.3 is 0 Å². The van der Waals surface area contributed by atoms with Gasteiger partial charge in [-0.05, 0) is 18.8 Å². The predicted octanol–water partition coefficient (Wildman–Crippen LogP) is 2.77. The van der Waals surface area contributed by atoms with Crippen LogP contribution in [0.3, 0.4) is 0 Å². The van der Waals surface area contributed by atoms with E-state index in [0.29, 0.717) is 12.1 Å². The Balaban J connectivity index is 1.92. The van der Waals surface area contributed by atoms with E-state index in [4.69, 9.17) is 4.99 Å². The molecule has 2 unspecified atom stereocenters. The first-order chi connectivity index (χ1) is 8.95. The van der Waals surface area contributed by atoms with Crippen molar-refractivity contribution in [2.75, 3.05) is 5.75 Å². The molecule has 1 aliphatic rings. The van der Waals surface area contributed by atoms with Crippen LogP contribution in [0.25, 0.3) is 0 Å². The van der Waals surface area contributed by atoms with E-state index in [2.05, 4.69) is 42.6 Å². The summed E-state index contributed by atoms with van der Waals surface area (Å²) in [6, 6.07) is 0.788. The summed E-state index contributed by atoms with van der Waals surface area (Å²) in [5, 5.41) is 4.62. The molecular formula is C14H24N4S. The molecule has 5 heteroatoms. The van der Waals surface area contributed by atoms with Crippen LogP contribution in [0.15, 0.2) is 23.7 Å². The highest BCUT2D eigenvalue weighted by Gasteiger charge is 2.27. The Hall–Kier alpha value is -0.970. The second-order valence-corrected chi connectivity index (χ2v) is 7.34. The number of hydrogen-bond acceptors (Lipinski definition) is 4. The van der Waals surface area contributed by atoms with E-state index in [9.17, 15) is 0 Å². The maximum Gasteiger partial charge on any atom is 0.157 e. The third-order valence-corrected chi connectivity index (χ3v) is 4.25. The Morgan fingerprint density at radius 1 is 1.53 bits per heavy atom. The topological polar surface area (TPSA) is 42.2 Å². The van der Waals surface area contributed by atoms with Crippen molar-refractivity contribution < 1.29 is 0 Å². The van der Waals surface area contributed by atoms with Crippen LogP contribution in [0.2, 0.25) is 0 Å². The molecule has 2 heterocycles. The van der Waals surface area contributed by atoms with Crippen molar-refractivity contribution >= 4 is 16.9 Å². The molecule has 2 rings (SSSR count). The lowest BCUT2D eigenvalue weighted by atomic mass is 9.85. The molecule has 2 atom stereocenters. The third kappa shape index (κ3) is 4.27. The molecule has 1 aliphatic heterocycles. The van der Waals surface area contributed by atoms with Gasteiger partial charge in [0.15, 0.2) is 5.17 Å². The van der Waals surface area contributed by atoms with Gasteiger partial charge in [0.2, 0.25) is 0 Å². The number of thioether (sulfide) groups is 1. The zero-order chi connectivity index (χ0) is 13.9. The van der Waals surface area contributed by atoms with E-state index in [-0.39, 0.29) is 5.41 Å². The minimum Gasteiger partial charge on any atom is -0.361 e. The number of rotatable bonds is 3. The number of hydrogen-bond donors (Lipinski definition) is 1. The molecule has 0 amide bonds. The Morgan fingerprint density at radius 3 is 2.95 bits per heavy atom. The molecule has 1 aromatic rings. The lowest BCUT2D eigenvalue weighted by Gasteiger charge is -2.31. The van der Waals surface area contributed by atoms with Crippen molar-refractivity contribution in [1.82, 2.24) is 14.9 Å². The lowest BCUT2D eigenvalue weighted by Crippen LogP contribution is -2.38. The standard InChI is InChI=1S/C14H24N4S/c1-11(9-18-7-6-15-10-18)16-13-17-12(5-8-19-13)14(2,3)4/h6-7,10-12H,5,8-9H2,1-4H3,(H,16,17). The molecule has 1 aromatic heterocycles. The zero-order valence-corrected chi connectivity index (χ0v) is 13.1. The van der Waals surface area contributed by atoms with Gasteiger partial charge in [-0.2, -0.15) is 0 Å². The fourth-order valence-corrected chi connectivity index (χ4v) is 3.20. The monoisotopic (exact) mass is 280 g/mol. The number of amidine groups is 1. The van der Waals surface area contributed by atoms with Gasteiger partial charge in [-0.25, -0.2) is 4.98 Å². The number of aliphatic imine (C=N–C) groups is 1. The summed E-state index contributed by atoms with van der Waals surface area (Å²) < 4.78 is 2.09. The van der Waals surface area contributed by atoms with E-state index < -0.39 is 0 Å². The molecule has 19 heavy (non-hydrogen) atoms. The Morgan fingerprint density at radius 2 is 2.32 bits per heavy atom. The Labute approximate surface area is 120 Å². The van der Waals surface area contributed by atoms with Gasteiger partial charge < -0.3 is 9.88 Å². The molecule has 0 bridgehead atoms. The normalized spacial score (nSPS) is 21.9. The second kappa shape index (κ2) is 5.99. The van der Waals surface area contributed by atoms with Crippen LogP contribution in [0.4, 0.5) is 0 Å². The lowest BCUT2D eigenvalue weighted by molar-refractivity contribution is 0.315. The summed E-state index contributed by atoms with van der Waals surface area (Å²) in [4.78, 5) is 8.93. The molecule has 0 fully saturated rings. The van der Waals surface area contributed by atoms with Crippen LogP contribution >= 0.6 is 11.8 Å². The van der Waals surface area contributed by atoms with Gasteiger partial charge in [0, 0.05) is 30.7 Å². The number of nitrogens with zero attached hydrogens (tertiary/aromatic N) is 3. The SMILES string of the molecule is CC(Cn1ccnc1)NC1=NC(C(C)(C)C)CCS1. The zero-order valence-electron chi connectivity index (χ0n) is 12.3. The first-order valence-corrected chi connectivity index (χ1v) is 7.86. The first-order valence-electron chi connectivity index (χ1n) is 6.88. The predicted molar refractivity (Wildman–Crippen MR) is 82.6 cm³/mol. The number of imidazole rings is 1. The molecule has 0 aromatic carbocycles. The summed E-state index contributed by atoms with van der Waals surface area (Å²) >= 11 is 1.84. The van der Waals surface area contributed by atoms with Crippen LogP contribution in [0.1, 0.15) is 34.1 Å². The summed E-state index contributed by atoms with van der Waals surface area (Å²) in [6.45, 7) is 9.90. The van der Waals surface area contributed by atoms with E-state index in [1.807, 2.05) is 30.5 Å². The summed E-state index contributed by atoms with van der Waals surface area (Å²) in [5.41, 5.74) is 0.251. The van der Waals surface area contributed by atoms with Crippen LogP contribution in [-0.4, -0.2) is 32.6 Å². The highest BCUT2D eigenvalue weighted by molar-refractivity contribution is 8.13. The first kappa shape index (κ1) is 14.4. The fourth-order valence-electron chi connectivity index (χ4n) is 2.18. The van der Waals surface area contributed by atoms with Crippen molar-refractivity contribution in [3.05, 3.63) is 18.7 Å². The maximum atomic E-state index is 4.87. The van der Waals surface area contributed by atoms with Gasteiger partial charge in [0.05, 0.1) is 12.4 Å². The fraction of sp³-hybridized carbons (Fsp3) is 0.714. The van der Waals surface area contributed by atoms with Gasteiger partial charge in [-0.1, -0.05) is 32.5 Å². The molecule has 0 radical (unpaired) electrons. The molecule has 0 spiro atoms. The highest BCUT2D eigenvalue weighted by Crippen LogP contribution is 2.30. The van der Waals surface area contributed by atoms with Crippen LogP contribution in [0, 0.1) is 5.41 Å². The van der Waals surface area contributed by atoms with Crippen molar-refractivity contribution in [3.8, 4) is 0 Å². The van der Waals surface area contributed by atoms with E-state index in [1.54, 1.807) is 0 Å². The Kier molecular flexibility index (Phi) is 4.55. The Bertz CT molecular complexity index is 419. The molecule has 4 nitrogen and oxygen atoms in total. The van der Waals surface area contributed by atoms with Gasteiger partial charge in [0.1, 0.15) is 0 Å². The molecule has 0 saturated carbocycles. The average Bonchev–Trinajstić information content (AvgIpc) is 2.80. The van der Waals surface area contributed by atoms with Gasteiger partial charge in [-0.15, -0.1) is 0 Å². The van der Waals surface area contributed by atoms with Crippen LogP contribution < -0.4 is 5.32 Å². The smallest absolute Gasteiger partial charge is 0.157 e. The summed E-state index contributed by atoms with van der Waals surface area (Å²) in [7, 11) is 0. The summed E-state index contributed by atoms with van der Waals surface area (Å²) in [5.74, 6) is 1.16. The largest absolute Gasteiger partial charge is 0.361 e. The summed E-state index contributed by atoms with van der Waals surface area (Å²) in [6.07, 6.45) is 6.84. The average molecular weight is 280 g/mol. The molecule has 0 aliphatic carbocycles. The molecule has 1 N–H and O–H groups in total. The van der Waals surface area contributed by atoms with Crippen molar-refractivity contribution in [1.29, 1.82) is 0 Å². The van der Waals surface area contributed by atoms with Gasteiger partial charge in [0.25, 0.3) is 0 Å². The minimum atomic E-state index is 0.251. The molecule has 106 valence electrons. The van der Waals surface area contributed by atoms with Crippen LogP contribution in [0.5, 0.6) is 0 Å². The van der Waals surface area contributed by atoms with Crippen molar-refractivity contribution in [2.45, 2.75) is 52.7 Å². The second-order valence-electron chi connectivity index (χ2n) is 6.26.